The number of carbonyl (C=O) groups is 1. The minimum Gasteiger partial charge on any atom is -0.478 e. The third kappa shape index (κ3) is 3.86. The van der Waals surface area contributed by atoms with E-state index in [9.17, 15) is 9.59 Å². The van der Waals surface area contributed by atoms with Crippen molar-refractivity contribution in [1.82, 2.24) is 0 Å². The van der Waals surface area contributed by atoms with E-state index < -0.39 is 6.10 Å². The number of benzene rings is 1. The van der Waals surface area contributed by atoms with Crippen molar-refractivity contribution >= 4 is 16.9 Å². The van der Waals surface area contributed by atoms with Crippen LogP contribution in [0.5, 0.6) is 5.75 Å². The molecule has 136 valence electrons. The van der Waals surface area contributed by atoms with E-state index in [0.717, 1.165) is 22.9 Å². The Labute approximate surface area is 147 Å². The number of fused-ring (bicyclic) bond motifs is 1. The van der Waals surface area contributed by atoms with Crippen LogP contribution in [-0.4, -0.2) is 18.7 Å². The Balaban J connectivity index is 2.53. The van der Waals surface area contributed by atoms with Gasteiger partial charge in [0.15, 0.2) is 6.10 Å². The molecule has 0 saturated heterocycles. The first kappa shape index (κ1) is 19.0. The Bertz CT molecular complexity index is 819. The smallest absolute Gasteiger partial charge is 0.347 e. The average Bonchev–Trinajstić information content (AvgIpc) is 2.59. The lowest BCUT2D eigenvalue weighted by atomic mass is 10.0. The van der Waals surface area contributed by atoms with E-state index >= 15 is 0 Å². The predicted octanol–water partition coefficient (Wildman–Crippen LogP) is 3.95. The van der Waals surface area contributed by atoms with E-state index in [1.165, 1.54) is 0 Å². The average molecular weight is 346 g/mol. The van der Waals surface area contributed by atoms with Crippen LogP contribution in [0.4, 0.5) is 0 Å². The quantitative estimate of drug-likeness (QED) is 0.561. The van der Waals surface area contributed by atoms with Crippen LogP contribution < -0.4 is 10.4 Å². The first-order valence-electron chi connectivity index (χ1n) is 8.89. The van der Waals surface area contributed by atoms with Gasteiger partial charge in [-0.25, -0.2) is 9.59 Å². The molecule has 5 nitrogen and oxygen atoms in total. The highest BCUT2D eigenvalue weighted by molar-refractivity contribution is 5.84. The van der Waals surface area contributed by atoms with Gasteiger partial charge in [0.05, 0.1) is 6.61 Å². The number of rotatable bonds is 7. The van der Waals surface area contributed by atoms with E-state index in [4.69, 9.17) is 13.9 Å². The number of esters is 1. The summed E-state index contributed by atoms with van der Waals surface area (Å²) in [6.45, 7) is 9.84. The zero-order valence-electron chi connectivity index (χ0n) is 15.6. The molecule has 0 saturated carbocycles. The maximum Gasteiger partial charge on any atom is 0.347 e. The van der Waals surface area contributed by atoms with Gasteiger partial charge in [-0.3, -0.25) is 0 Å². The van der Waals surface area contributed by atoms with Crippen LogP contribution in [0, 0.1) is 6.92 Å². The first-order chi connectivity index (χ1) is 12.0. The molecule has 0 spiro atoms. The monoisotopic (exact) mass is 346 g/mol. The second-order valence-corrected chi connectivity index (χ2v) is 5.92. The predicted molar refractivity (Wildman–Crippen MR) is 97.3 cm³/mol. The van der Waals surface area contributed by atoms with Gasteiger partial charge < -0.3 is 13.9 Å². The fourth-order valence-electron chi connectivity index (χ4n) is 2.94. The van der Waals surface area contributed by atoms with Crippen LogP contribution in [-0.2, 0) is 22.4 Å². The summed E-state index contributed by atoms with van der Waals surface area (Å²) >= 11 is 0. The van der Waals surface area contributed by atoms with Crippen molar-refractivity contribution in [3.8, 4) is 5.75 Å². The summed E-state index contributed by atoms with van der Waals surface area (Å²) in [5, 5.41) is 0.907. The Kier molecular flexibility index (Phi) is 6.23. The Morgan fingerprint density at radius 1 is 1.16 bits per heavy atom. The van der Waals surface area contributed by atoms with Crippen molar-refractivity contribution < 1.29 is 18.7 Å². The van der Waals surface area contributed by atoms with Gasteiger partial charge in [-0.05, 0) is 50.3 Å². The lowest BCUT2D eigenvalue weighted by molar-refractivity contribution is -0.151. The number of carbonyl (C=O) groups excluding carboxylic acids is 1. The standard InChI is InChI=1S/C20H26O5/c1-6-13-10-15-12(5)14(7-2)19(21)25-18(15)11-17(13)24-16(8-3)20(22)23-9-4/h10-11,16H,6-9H2,1-5H3. The molecule has 1 heterocycles. The van der Waals surface area contributed by atoms with E-state index in [1.54, 1.807) is 13.0 Å². The van der Waals surface area contributed by atoms with E-state index in [1.807, 2.05) is 33.8 Å². The van der Waals surface area contributed by atoms with Crippen LogP contribution in [0.3, 0.4) is 0 Å². The highest BCUT2D eigenvalue weighted by atomic mass is 16.6. The van der Waals surface area contributed by atoms with Crippen LogP contribution in [0.15, 0.2) is 21.3 Å². The van der Waals surface area contributed by atoms with Gasteiger partial charge in [0.1, 0.15) is 11.3 Å². The number of hydrogen-bond donors (Lipinski definition) is 0. The van der Waals surface area contributed by atoms with Crippen molar-refractivity contribution in [2.75, 3.05) is 6.61 Å². The lowest BCUT2D eigenvalue weighted by Crippen LogP contribution is -2.29. The maximum atomic E-state index is 12.1. The molecule has 25 heavy (non-hydrogen) atoms. The van der Waals surface area contributed by atoms with E-state index in [-0.39, 0.29) is 11.6 Å². The molecular formula is C20H26O5. The topological polar surface area (TPSA) is 65.7 Å². The largest absolute Gasteiger partial charge is 0.478 e. The molecule has 0 aliphatic carbocycles. The molecule has 0 amide bonds. The summed E-state index contributed by atoms with van der Waals surface area (Å²) in [6, 6.07) is 3.70. The Morgan fingerprint density at radius 2 is 1.88 bits per heavy atom. The molecule has 5 heteroatoms. The minimum atomic E-state index is -0.676. The maximum absolute atomic E-state index is 12.1. The molecule has 1 atom stereocenters. The summed E-state index contributed by atoms with van der Waals surface area (Å²) in [5.41, 5.74) is 2.76. The van der Waals surface area contributed by atoms with Gasteiger partial charge in [-0.15, -0.1) is 0 Å². The highest BCUT2D eigenvalue weighted by Gasteiger charge is 2.22. The molecule has 0 fully saturated rings. The number of aryl methyl sites for hydroxylation is 2. The Hall–Kier alpha value is -2.30. The minimum absolute atomic E-state index is 0.310. The van der Waals surface area contributed by atoms with E-state index in [2.05, 4.69) is 0 Å². The number of ether oxygens (including phenoxy) is 2. The molecule has 1 aromatic carbocycles. The second kappa shape index (κ2) is 8.19. The second-order valence-electron chi connectivity index (χ2n) is 5.92. The summed E-state index contributed by atoms with van der Waals surface area (Å²) in [6.07, 6.45) is 1.19. The zero-order chi connectivity index (χ0) is 18.6. The van der Waals surface area contributed by atoms with Crippen molar-refractivity contribution in [3.63, 3.8) is 0 Å². The summed E-state index contributed by atoms with van der Waals surface area (Å²) in [7, 11) is 0. The molecule has 0 aliphatic rings. The van der Waals surface area contributed by atoms with Crippen molar-refractivity contribution in [2.45, 2.75) is 60.0 Å². The summed E-state index contributed by atoms with van der Waals surface area (Å²) in [5.74, 6) is 0.174. The molecule has 0 radical (unpaired) electrons. The summed E-state index contributed by atoms with van der Waals surface area (Å²) in [4.78, 5) is 24.2. The van der Waals surface area contributed by atoms with Crippen LogP contribution >= 0.6 is 0 Å². The van der Waals surface area contributed by atoms with Gasteiger partial charge in [-0.1, -0.05) is 20.8 Å². The van der Waals surface area contributed by atoms with Crippen LogP contribution in [0.1, 0.15) is 50.8 Å². The SMILES string of the molecule is CCOC(=O)C(CC)Oc1cc2oc(=O)c(CC)c(C)c2cc1CC. The van der Waals surface area contributed by atoms with Crippen LogP contribution in [0.25, 0.3) is 11.0 Å². The molecule has 0 bridgehead atoms. The molecule has 1 aromatic heterocycles. The van der Waals surface area contributed by atoms with Gasteiger partial charge in [-0.2, -0.15) is 0 Å². The fourth-order valence-corrected chi connectivity index (χ4v) is 2.94. The van der Waals surface area contributed by atoms with Gasteiger partial charge in [0.2, 0.25) is 0 Å². The van der Waals surface area contributed by atoms with E-state index in [0.29, 0.717) is 36.3 Å². The third-order valence-corrected chi connectivity index (χ3v) is 4.39. The van der Waals surface area contributed by atoms with Gasteiger partial charge >= 0.3 is 11.6 Å². The van der Waals surface area contributed by atoms with Crippen LogP contribution in [0.2, 0.25) is 0 Å². The molecule has 0 N–H and O–H groups in total. The first-order valence-corrected chi connectivity index (χ1v) is 8.89. The normalized spacial score (nSPS) is 12.2. The Morgan fingerprint density at radius 3 is 2.44 bits per heavy atom. The molecule has 2 aromatic rings. The molecule has 2 rings (SSSR count). The van der Waals surface area contributed by atoms with Crippen molar-refractivity contribution in [3.05, 3.63) is 39.2 Å². The van der Waals surface area contributed by atoms with Gasteiger partial charge in [0.25, 0.3) is 0 Å². The molecule has 1 unspecified atom stereocenters. The van der Waals surface area contributed by atoms with Gasteiger partial charge in [0, 0.05) is 17.0 Å². The summed E-state index contributed by atoms with van der Waals surface area (Å²) < 4.78 is 16.4. The molecular weight excluding hydrogens is 320 g/mol. The molecule has 0 aliphatic heterocycles. The highest BCUT2D eigenvalue weighted by Crippen LogP contribution is 2.30. The number of hydrogen-bond acceptors (Lipinski definition) is 5. The third-order valence-electron chi connectivity index (χ3n) is 4.39. The zero-order valence-corrected chi connectivity index (χ0v) is 15.6. The van der Waals surface area contributed by atoms with Crippen molar-refractivity contribution in [2.24, 2.45) is 0 Å². The van der Waals surface area contributed by atoms with Crippen molar-refractivity contribution in [1.29, 1.82) is 0 Å². The lowest BCUT2D eigenvalue weighted by Gasteiger charge is -2.19. The fraction of sp³-hybridized carbons (Fsp3) is 0.500.